The van der Waals surface area contributed by atoms with Crippen LogP contribution >= 0.6 is 0 Å². The average Bonchev–Trinajstić information content (AvgIpc) is 2.78. The molecule has 1 unspecified atom stereocenters. The molecule has 92 valence electrons. The smallest absolute Gasteiger partial charge is 0.326 e. The number of carbonyl (C=O) groups is 1. The maximum Gasteiger partial charge on any atom is 0.326 e. The molecule has 2 N–H and O–H groups in total. The Balaban J connectivity index is 2.09. The van der Waals surface area contributed by atoms with Gasteiger partial charge in [0.15, 0.2) is 0 Å². The summed E-state index contributed by atoms with van der Waals surface area (Å²) < 4.78 is 0. The van der Waals surface area contributed by atoms with Crippen LogP contribution in [0.25, 0.3) is 0 Å². The fourth-order valence-corrected chi connectivity index (χ4v) is 2.59. The Bertz CT molecular complexity index is 397. The molecular formula is C14H19NO2. The van der Waals surface area contributed by atoms with Gasteiger partial charge in [0.2, 0.25) is 0 Å². The zero-order chi connectivity index (χ0) is 12.3. The molecular weight excluding hydrogens is 214 g/mol. The number of aliphatic carboxylic acids is 1. The fraction of sp³-hybridized carbons (Fsp3) is 0.500. The highest BCUT2D eigenvalue weighted by Crippen LogP contribution is 2.29. The number of aryl methyl sites for hydroxylation is 1. The molecule has 1 aliphatic rings. The standard InChI is InChI=1S/C14H19NO2/c1-10-5-4-8-12(9-10)15-13(14(16)17)11-6-2-3-7-11/h4-5,8-9,11,13,15H,2-3,6-7H2,1H3,(H,16,17). The molecule has 17 heavy (non-hydrogen) atoms. The molecule has 3 nitrogen and oxygen atoms in total. The van der Waals surface area contributed by atoms with Crippen molar-refractivity contribution in [3.63, 3.8) is 0 Å². The van der Waals surface area contributed by atoms with Gasteiger partial charge in [-0.3, -0.25) is 0 Å². The second kappa shape index (κ2) is 5.21. The van der Waals surface area contributed by atoms with E-state index < -0.39 is 12.0 Å². The van der Waals surface area contributed by atoms with Crippen LogP contribution in [0.3, 0.4) is 0 Å². The van der Waals surface area contributed by atoms with Crippen molar-refractivity contribution in [3.8, 4) is 0 Å². The SMILES string of the molecule is Cc1cccc(NC(C(=O)O)C2CCCC2)c1. The minimum Gasteiger partial charge on any atom is -0.480 e. The third-order valence-corrected chi connectivity index (χ3v) is 3.48. The first kappa shape index (κ1) is 12.0. The van der Waals surface area contributed by atoms with Gasteiger partial charge < -0.3 is 10.4 Å². The normalized spacial score (nSPS) is 17.9. The molecule has 2 rings (SSSR count). The number of carboxylic acids is 1. The van der Waals surface area contributed by atoms with E-state index in [1.54, 1.807) is 0 Å². The quantitative estimate of drug-likeness (QED) is 0.840. The Morgan fingerprint density at radius 3 is 2.71 bits per heavy atom. The summed E-state index contributed by atoms with van der Waals surface area (Å²) >= 11 is 0. The van der Waals surface area contributed by atoms with Gasteiger partial charge in [-0.25, -0.2) is 4.79 Å². The molecule has 0 aliphatic heterocycles. The maximum absolute atomic E-state index is 11.3. The van der Waals surface area contributed by atoms with E-state index in [1.165, 1.54) is 0 Å². The zero-order valence-corrected chi connectivity index (χ0v) is 10.1. The van der Waals surface area contributed by atoms with Crippen LogP contribution in [0, 0.1) is 12.8 Å². The van der Waals surface area contributed by atoms with E-state index in [-0.39, 0.29) is 5.92 Å². The van der Waals surface area contributed by atoms with E-state index >= 15 is 0 Å². The van der Waals surface area contributed by atoms with E-state index in [4.69, 9.17) is 0 Å². The number of benzene rings is 1. The minimum atomic E-state index is -0.738. The summed E-state index contributed by atoms with van der Waals surface area (Å²) in [6, 6.07) is 7.43. The molecule has 0 radical (unpaired) electrons. The largest absolute Gasteiger partial charge is 0.480 e. The molecule has 1 atom stereocenters. The van der Waals surface area contributed by atoms with Crippen LogP contribution in [-0.2, 0) is 4.79 Å². The second-order valence-corrected chi connectivity index (χ2v) is 4.87. The minimum absolute atomic E-state index is 0.271. The van der Waals surface area contributed by atoms with Gasteiger partial charge in [0.25, 0.3) is 0 Å². The zero-order valence-electron chi connectivity index (χ0n) is 10.1. The first-order valence-corrected chi connectivity index (χ1v) is 6.23. The molecule has 0 saturated heterocycles. The summed E-state index contributed by atoms with van der Waals surface area (Å²) in [7, 11) is 0. The lowest BCUT2D eigenvalue weighted by Crippen LogP contribution is -2.35. The topological polar surface area (TPSA) is 49.3 Å². The molecule has 0 bridgehead atoms. The van der Waals surface area contributed by atoms with E-state index in [9.17, 15) is 9.90 Å². The highest BCUT2D eigenvalue weighted by Gasteiger charge is 2.30. The maximum atomic E-state index is 11.3. The lowest BCUT2D eigenvalue weighted by molar-refractivity contribution is -0.139. The predicted octanol–water partition coefficient (Wildman–Crippen LogP) is 3.05. The van der Waals surface area contributed by atoms with Crippen LogP contribution in [0.4, 0.5) is 5.69 Å². The number of carboxylic acid groups (broad SMARTS) is 1. The van der Waals surface area contributed by atoms with Crippen molar-refractivity contribution in [2.75, 3.05) is 5.32 Å². The molecule has 1 saturated carbocycles. The van der Waals surface area contributed by atoms with Gasteiger partial charge in [-0.1, -0.05) is 25.0 Å². The van der Waals surface area contributed by atoms with Crippen LogP contribution < -0.4 is 5.32 Å². The fourth-order valence-electron chi connectivity index (χ4n) is 2.59. The Hall–Kier alpha value is -1.51. The summed E-state index contributed by atoms with van der Waals surface area (Å²) in [5.74, 6) is -0.466. The third-order valence-electron chi connectivity index (χ3n) is 3.48. The monoisotopic (exact) mass is 233 g/mol. The van der Waals surface area contributed by atoms with Gasteiger partial charge in [0.1, 0.15) is 6.04 Å². The van der Waals surface area contributed by atoms with E-state index in [0.717, 1.165) is 36.9 Å². The van der Waals surface area contributed by atoms with Gasteiger partial charge in [-0.05, 0) is 43.4 Å². The Morgan fingerprint density at radius 1 is 1.41 bits per heavy atom. The summed E-state index contributed by atoms with van der Waals surface area (Å²) in [5.41, 5.74) is 2.05. The van der Waals surface area contributed by atoms with Crippen molar-refractivity contribution in [1.82, 2.24) is 0 Å². The van der Waals surface area contributed by atoms with Crippen LogP contribution in [-0.4, -0.2) is 17.1 Å². The number of anilines is 1. The highest BCUT2D eigenvalue weighted by atomic mass is 16.4. The molecule has 1 fully saturated rings. The first-order chi connectivity index (χ1) is 8.16. The van der Waals surface area contributed by atoms with Gasteiger partial charge >= 0.3 is 5.97 Å². The average molecular weight is 233 g/mol. The van der Waals surface area contributed by atoms with Crippen LogP contribution in [0.15, 0.2) is 24.3 Å². The van der Waals surface area contributed by atoms with Crippen LogP contribution in [0.5, 0.6) is 0 Å². The number of hydrogen-bond donors (Lipinski definition) is 2. The second-order valence-electron chi connectivity index (χ2n) is 4.87. The molecule has 0 aromatic heterocycles. The molecule has 1 aliphatic carbocycles. The number of nitrogens with one attached hydrogen (secondary N) is 1. The summed E-state index contributed by atoms with van der Waals surface area (Å²) in [6.45, 7) is 2.01. The lowest BCUT2D eigenvalue weighted by Gasteiger charge is -2.21. The van der Waals surface area contributed by atoms with Gasteiger partial charge in [0.05, 0.1) is 0 Å². The van der Waals surface area contributed by atoms with Crippen molar-refractivity contribution in [3.05, 3.63) is 29.8 Å². The predicted molar refractivity (Wildman–Crippen MR) is 68.2 cm³/mol. The summed E-state index contributed by atoms with van der Waals surface area (Å²) in [4.78, 5) is 11.3. The van der Waals surface area contributed by atoms with E-state index in [1.807, 2.05) is 31.2 Å². The van der Waals surface area contributed by atoms with Crippen molar-refractivity contribution in [2.45, 2.75) is 38.6 Å². The summed E-state index contributed by atoms with van der Waals surface area (Å²) in [6.07, 6.45) is 4.36. The molecule has 0 heterocycles. The number of rotatable bonds is 4. The molecule has 0 spiro atoms. The highest BCUT2D eigenvalue weighted by molar-refractivity contribution is 5.77. The van der Waals surface area contributed by atoms with Crippen molar-refractivity contribution in [2.24, 2.45) is 5.92 Å². The first-order valence-electron chi connectivity index (χ1n) is 6.23. The Labute approximate surface area is 102 Å². The van der Waals surface area contributed by atoms with Crippen molar-refractivity contribution < 1.29 is 9.90 Å². The molecule has 1 aromatic rings. The van der Waals surface area contributed by atoms with E-state index in [0.29, 0.717) is 0 Å². The van der Waals surface area contributed by atoms with Gasteiger partial charge in [0, 0.05) is 5.69 Å². The van der Waals surface area contributed by atoms with Crippen molar-refractivity contribution in [1.29, 1.82) is 0 Å². The summed E-state index contributed by atoms with van der Waals surface area (Å²) in [5, 5.41) is 12.5. The van der Waals surface area contributed by atoms with Crippen LogP contribution in [0.2, 0.25) is 0 Å². The van der Waals surface area contributed by atoms with Crippen molar-refractivity contribution >= 4 is 11.7 Å². The lowest BCUT2D eigenvalue weighted by atomic mass is 9.98. The van der Waals surface area contributed by atoms with Gasteiger partial charge in [-0.2, -0.15) is 0 Å². The van der Waals surface area contributed by atoms with Crippen LogP contribution in [0.1, 0.15) is 31.2 Å². The Kier molecular flexibility index (Phi) is 3.67. The van der Waals surface area contributed by atoms with E-state index in [2.05, 4.69) is 5.32 Å². The Morgan fingerprint density at radius 2 is 2.12 bits per heavy atom. The molecule has 3 heteroatoms. The molecule has 1 aromatic carbocycles. The third kappa shape index (κ3) is 2.99. The number of hydrogen-bond acceptors (Lipinski definition) is 2. The molecule has 0 amide bonds. The van der Waals surface area contributed by atoms with Gasteiger partial charge in [-0.15, -0.1) is 0 Å².